The monoisotopic (exact) mass is 344 g/mol. The van der Waals surface area contributed by atoms with Crippen LogP contribution < -0.4 is 4.74 Å². The van der Waals surface area contributed by atoms with Crippen LogP contribution in [0.2, 0.25) is 0 Å². The molecule has 0 radical (unpaired) electrons. The molecule has 1 fully saturated rings. The number of hydrogen-bond acceptors (Lipinski definition) is 4. The number of rotatable bonds is 4. The summed E-state index contributed by atoms with van der Waals surface area (Å²) in [7, 11) is 1.67. The van der Waals surface area contributed by atoms with Gasteiger partial charge in [-0.2, -0.15) is 0 Å². The number of carbonyl (C=O) groups excluding carboxylic acids is 1. The van der Waals surface area contributed by atoms with E-state index in [4.69, 9.17) is 9.47 Å². The molecule has 0 bridgehead atoms. The third-order valence-corrected chi connectivity index (χ3v) is 5.49. The molecular formula is C19H24N2O4. The molecule has 1 aromatic carbocycles. The van der Waals surface area contributed by atoms with Crippen molar-refractivity contribution in [3.05, 3.63) is 29.5 Å². The number of carbonyl (C=O) groups is 1. The van der Waals surface area contributed by atoms with Gasteiger partial charge in [-0.15, -0.1) is 0 Å². The summed E-state index contributed by atoms with van der Waals surface area (Å²) < 4.78 is 10.6. The number of amides is 1. The highest BCUT2D eigenvalue weighted by Gasteiger charge is 2.43. The Bertz CT molecular complexity index is 800. The van der Waals surface area contributed by atoms with Gasteiger partial charge < -0.3 is 24.5 Å². The van der Waals surface area contributed by atoms with Gasteiger partial charge in [0.2, 0.25) is 5.91 Å². The number of nitrogens with one attached hydrogen (secondary N) is 1. The maximum absolute atomic E-state index is 12.9. The number of aliphatic hydroxyl groups excluding tert-OH is 1. The lowest BCUT2D eigenvalue weighted by atomic mass is 9.85. The van der Waals surface area contributed by atoms with Gasteiger partial charge in [0.15, 0.2) is 6.29 Å². The van der Waals surface area contributed by atoms with Gasteiger partial charge in [0.1, 0.15) is 5.75 Å². The summed E-state index contributed by atoms with van der Waals surface area (Å²) in [5.74, 6) is 0.387. The topological polar surface area (TPSA) is 74.8 Å². The average Bonchev–Trinajstić information content (AvgIpc) is 3.00. The van der Waals surface area contributed by atoms with Gasteiger partial charge in [-0.25, -0.2) is 0 Å². The quantitative estimate of drug-likeness (QED) is 0.835. The third-order valence-electron chi connectivity index (χ3n) is 5.49. The van der Waals surface area contributed by atoms with Crippen LogP contribution in [0.15, 0.2) is 18.2 Å². The molecule has 6 nitrogen and oxygen atoms in total. The van der Waals surface area contributed by atoms with Gasteiger partial charge in [-0.1, -0.05) is 0 Å². The highest BCUT2D eigenvalue weighted by molar-refractivity contribution is 5.88. The zero-order valence-corrected chi connectivity index (χ0v) is 14.6. The SMILES string of the molecule is CCOC(O)C1CCC2c3[nH]c4ccc(OC)cc4c3CCN2C1=O. The summed E-state index contributed by atoms with van der Waals surface area (Å²) in [5, 5.41) is 11.3. The van der Waals surface area contributed by atoms with Gasteiger partial charge >= 0.3 is 0 Å². The molecule has 2 aliphatic heterocycles. The van der Waals surface area contributed by atoms with Gasteiger partial charge in [0, 0.05) is 29.7 Å². The summed E-state index contributed by atoms with van der Waals surface area (Å²) in [4.78, 5) is 18.3. The lowest BCUT2D eigenvalue weighted by molar-refractivity contribution is -0.173. The van der Waals surface area contributed by atoms with Crippen LogP contribution in [-0.2, 0) is 16.0 Å². The Morgan fingerprint density at radius 1 is 1.40 bits per heavy atom. The minimum absolute atomic E-state index is 0.000846. The smallest absolute Gasteiger partial charge is 0.231 e. The van der Waals surface area contributed by atoms with Crippen molar-refractivity contribution in [3.63, 3.8) is 0 Å². The van der Waals surface area contributed by atoms with Gasteiger partial charge in [0.05, 0.1) is 19.1 Å². The number of methoxy groups -OCH3 is 1. The minimum Gasteiger partial charge on any atom is -0.497 e. The molecule has 3 heterocycles. The predicted molar refractivity (Wildman–Crippen MR) is 93.4 cm³/mol. The Morgan fingerprint density at radius 2 is 2.24 bits per heavy atom. The minimum atomic E-state index is -1.01. The van der Waals surface area contributed by atoms with Gasteiger partial charge in [-0.05, 0) is 49.9 Å². The molecule has 1 aromatic heterocycles. The van der Waals surface area contributed by atoms with Crippen LogP contribution in [0.1, 0.15) is 37.1 Å². The second-order valence-electron chi connectivity index (χ2n) is 6.76. The van der Waals surface area contributed by atoms with Crippen molar-refractivity contribution in [1.82, 2.24) is 9.88 Å². The fourth-order valence-electron chi connectivity index (χ4n) is 4.26. The number of ether oxygens (including phenoxy) is 2. The Morgan fingerprint density at radius 3 is 3.00 bits per heavy atom. The molecule has 134 valence electrons. The van der Waals surface area contributed by atoms with Crippen molar-refractivity contribution in [2.24, 2.45) is 5.92 Å². The van der Waals surface area contributed by atoms with Gasteiger partial charge in [-0.3, -0.25) is 4.79 Å². The molecule has 6 heteroatoms. The first-order chi connectivity index (χ1) is 12.1. The Hall–Kier alpha value is -2.05. The van der Waals surface area contributed by atoms with Crippen LogP contribution in [0.25, 0.3) is 10.9 Å². The summed E-state index contributed by atoms with van der Waals surface area (Å²) in [5.41, 5.74) is 3.50. The van der Waals surface area contributed by atoms with E-state index in [0.717, 1.165) is 29.8 Å². The Balaban J connectivity index is 1.66. The van der Waals surface area contributed by atoms with Crippen molar-refractivity contribution in [2.45, 2.75) is 38.5 Å². The second-order valence-corrected chi connectivity index (χ2v) is 6.76. The van der Waals surface area contributed by atoms with Crippen molar-refractivity contribution in [2.75, 3.05) is 20.3 Å². The molecule has 0 saturated carbocycles. The zero-order valence-electron chi connectivity index (χ0n) is 14.6. The number of aromatic nitrogens is 1. The summed E-state index contributed by atoms with van der Waals surface area (Å²) in [6, 6.07) is 6.10. The molecule has 2 N–H and O–H groups in total. The van der Waals surface area contributed by atoms with E-state index in [1.165, 1.54) is 10.9 Å². The molecule has 1 amide bonds. The fraction of sp³-hybridized carbons (Fsp3) is 0.526. The molecule has 25 heavy (non-hydrogen) atoms. The number of nitrogens with zero attached hydrogens (tertiary/aromatic N) is 1. The standard InChI is InChI=1S/C19H24N2O4/c1-3-25-19(23)13-5-7-16-17-12(8-9-21(16)18(13)22)14-10-11(24-2)4-6-15(14)20-17/h4,6,10,13,16,19-20,23H,3,5,7-9H2,1-2H3. The maximum Gasteiger partial charge on any atom is 0.231 e. The summed E-state index contributed by atoms with van der Waals surface area (Å²) in [6.45, 7) is 2.91. The molecule has 0 aliphatic carbocycles. The van der Waals surface area contributed by atoms with E-state index in [1.54, 1.807) is 7.11 Å². The molecule has 2 aromatic rings. The van der Waals surface area contributed by atoms with E-state index in [2.05, 4.69) is 11.1 Å². The van der Waals surface area contributed by atoms with E-state index < -0.39 is 12.2 Å². The van der Waals surface area contributed by atoms with Crippen LogP contribution in [0.3, 0.4) is 0 Å². The molecule has 0 spiro atoms. The highest BCUT2D eigenvalue weighted by Crippen LogP contribution is 2.42. The van der Waals surface area contributed by atoms with Crippen molar-refractivity contribution in [1.29, 1.82) is 0 Å². The first kappa shape index (κ1) is 16.4. The van der Waals surface area contributed by atoms with Crippen LogP contribution >= 0.6 is 0 Å². The third kappa shape index (κ3) is 2.60. The van der Waals surface area contributed by atoms with Crippen molar-refractivity contribution in [3.8, 4) is 5.75 Å². The summed E-state index contributed by atoms with van der Waals surface area (Å²) in [6.07, 6.45) is 1.27. The highest BCUT2D eigenvalue weighted by atomic mass is 16.6. The molecule has 3 atom stereocenters. The number of aliphatic hydroxyl groups is 1. The number of aromatic amines is 1. The maximum atomic E-state index is 12.9. The first-order valence-electron chi connectivity index (χ1n) is 8.92. The number of benzene rings is 1. The van der Waals surface area contributed by atoms with E-state index in [-0.39, 0.29) is 11.9 Å². The number of piperidine rings is 1. The molecule has 4 rings (SSSR count). The summed E-state index contributed by atoms with van der Waals surface area (Å²) >= 11 is 0. The Kier molecular flexibility index (Phi) is 4.17. The average molecular weight is 344 g/mol. The molecule has 1 saturated heterocycles. The van der Waals surface area contributed by atoms with Crippen LogP contribution in [0, 0.1) is 5.92 Å². The van der Waals surface area contributed by atoms with E-state index >= 15 is 0 Å². The lowest BCUT2D eigenvalue weighted by Crippen LogP contribution is -2.50. The lowest BCUT2D eigenvalue weighted by Gasteiger charge is -2.43. The predicted octanol–water partition coefficient (Wildman–Crippen LogP) is 2.37. The fourth-order valence-corrected chi connectivity index (χ4v) is 4.26. The van der Waals surface area contributed by atoms with Gasteiger partial charge in [0.25, 0.3) is 0 Å². The van der Waals surface area contributed by atoms with Crippen LogP contribution in [-0.4, -0.2) is 47.4 Å². The van der Waals surface area contributed by atoms with E-state index in [1.807, 2.05) is 24.0 Å². The molecular weight excluding hydrogens is 320 g/mol. The number of fused-ring (bicyclic) bond motifs is 5. The van der Waals surface area contributed by atoms with E-state index in [0.29, 0.717) is 19.6 Å². The van der Waals surface area contributed by atoms with E-state index in [9.17, 15) is 9.90 Å². The largest absolute Gasteiger partial charge is 0.497 e. The second kappa shape index (κ2) is 6.35. The molecule has 2 aliphatic rings. The first-order valence-corrected chi connectivity index (χ1v) is 8.92. The normalized spacial score (nSPS) is 24.1. The van der Waals surface area contributed by atoms with Crippen molar-refractivity contribution >= 4 is 16.8 Å². The molecule has 3 unspecified atom stereocenters. The van der Waals surface area contributed by atoms with Crippen LogP contribution in [0.4, 0.5) is 0 Å². The number of hydrogen-bond donors (Lipinski definition) is 2. The number of H-pyrrole nitrogens is 1. The van der Waals surface area contributed by atoms with Crippen LogP contribution in [0.5, 0.6) is 5.75 Å². The Labute approximate surface area is 146 Å². The van der Waals surface area contributed by atoms with Crippen molar-refractivity contribution < 1.29 is 19.4 Å². The zero-order chi connectivity index (χ0) is 17.6.